The lowest BCUT2D eigenvalue weighted by Crippen LogP contribution is -2.42. The SMILES string of the molecule is CSCC(C)(O)CNS(=O)(=O)c1c(C)c(C)cc(N)c1C. The molecule has 1 aromatic carbocycles. The molecule has 7 heteroatoms. The average molecular weight is 332 g/mol. The van der Waals surface area contributed by atoms with Gasteiger partial charge in [-0.25, -0.2) is 13.1 Å². The van der Waals surface area contributed by atoms with E-state index < -0.39 is 15.6 Å². The van der Waals surface area contributed by atoms with Crippen molar-refractivity contribution in [2.45, 2.75) is 38.2 Å². The highest BCUT2D eigenvalue weighted by molar-refractivity contribution is 7.98. The number of anilines is 1. The van der Waals surface area contributed by atoms with Crippen LogP contribution in [-0.2, 0) is 10.0 Å². The molecular weight excluding hydrogens is 308 g/mol. The van der Waals surface area contributed by atoms with Crippen LogP contribution >= 0.6 is 11.8 Å². The lowest BCUT2D eigenvalue weighted by Gasteiger charge is -2.23. The van der Waals surface area contributed by atoms with Crippen LogP contribution in [0.2, 0.25) is 0 Å². The van der Waals surface area contributed by atoms with Gasteiger partial charge in [0.2, 0.25) is 10.0 Å². The standard InChI is InChI=1S/C14H24N2O3S2/c1-9-6-12(15)11(3)13(10(9)2)21(18,19)16-7-14(4,17)8-20-5/h6,16-17H,7-8,15H2,1-5H3. The van der Waals surface area contributed by atoms with E-state index in [9.17, 15) is 13.5 Å². The smallest absolute Gasteiger partial charge is 0.241 e. The Bertz CT molecular complexity index is 599. The third kappa shape index (κ3) is 4.35. The molecule has 0 aliphatic carbocycles. The first-order valence-electron chi connectivity index (χ1n) is 6.59. The number of hydrogen-bond acceptors (Lipinski definition) is 5. The van der Waals surface area contributed by atoms with Gasteiger partial charge in [0.15, 0.2) is 0 Å². The Kier molecular flexibility index (Phi) is 5.71. The van der Waals surface area contributed by atoms with Crippen LogP contribution in [0.25, 0.3) is 0 Å². The summed E-state index contributed by atoms with van der Waals surface area (Å²) in [5.41, 5.74) is 7.28. The summed E-state index contributed by atoms with van der Waals surface area (Å²) in [5, 5.41) is 10.1. The number of rotatable bonds is 6. The van der Waals surface area contributed by atoms with Crippen molar-refractivity contribution in [1.82, 2.24) is 4.72 Å². The average Bonchev–Trinajstić information content (AvgIpc) is 2.34. The minimum absolute atomic E-state index is 0.0388. The molecule has 0 heterocycles. The predicted octanol–water partition coefficient (Wildman–Crippen LogP) is 1.59. The third-order valence-corrected chi connectivity index (χ3v) is 6.03. The van der Waals surface area contributed by atoms with Crippen LogP contribution in [0, 0.1) is 20.8 Å². The van der Waals surface area contributed by atoms with Crippen LogP contribution in [-0.4, -0.2) is 37.7 Å². The zero-order valence-electron chi connectivity index (χ0n) is 13.1. The number of hydrogen-bond donors (Lipinski definition) is 3. The van der Waals surface area contributed by atoms with E-state index in [1.165, 1.54) is 11.8 Å². The maximum Gasteiger partial charge on any atom is 0.241 e. The van der Waals surface area contributed by atoms with E-state index in [0.29, 0.717) is 22.6 Å². The van der Waals surface area contributed by atoms with Crippen molar-refractivity contribution >= 4 is 27.5 Å². The third-order valence-electron chi connectivity index (χ3n) is 3.44. The maximum absolute atomic E-state index is 12.5. The largest absolute Gasteiger partial charge is 0.398 e. The molecule has 1 aromatic rings. The molecule has 1 unspecified atom stereocenters. The molecule has 0 saturated heterocycles. The monoisotopic (exact) mass is 332 g/mol. The summed E-state index contributed by atoms with van der Waals surface area (Å²) in [6, 6.07) is 1.77. The number of nitrogens with two attached hydrogens (primary N) is 1. The van der Waals surface area contributed by atoms with Crippen molar-refractivity contribution in [2.75, 3.05) is 24.3 Å². The number of nitrogens with one attached hydrogen (secondary N) is 1. The first-order chi connectivity index (χ1) is 9.52. The van der Waals surface area contributed by atoms with Gasteiger partial charge in [-0.1, -0.05) is 0 Å². The van der Waals surface area contributed by atoms with Crippen molar-refractivity contribution in [1.29, 1.82) is 0 Å². The summed E-state index contributed by atoms with van der Waals surface area (Å²) in [6.45, 7) is 6.85. The van der Waals surface area contributed by atoms with E-state index in [2.05, 4.69) is 4.72 Å². The molecule has 0 amide bonds. The van der Waals surface area contributed by atoms with Gasteiger partial charge in [0.1, 0.15) is 0 Å². The molecule has 0 bridgehead atoms. The molecule has 0 saturated carbocycles. The summed E-state index contributed by atoms with van der Waals surface area (Å²) < 4.78 is 27.6. The Hall–Kier alpha value is -0.760. The van der Waals surface area contributed by atoms with Gasteiger partial charge in [-0.2, -0.15) is 11.8 Å². The summed E-state index contributed by atoms with van der Waals surface area (Å²) in [7, 11) is -3.72. The molecule has 0 fully saturated rings. The molecule has 1 atom stereocenters. The molecular formula is C14H24N2O3S2. The minimum atomic E-state index is -3.72. The van der Waals surface area contributed by atoms with Gasteiger partial charge in [0, 0.05) is 18.0 Å². The number of benzene rings is 1. The van der Waals surface area contributed by atoms with Gasteiger partial charge in [-0.3, -0.25) is 0 Å². The van der Waals surface area contributed by atoms with Crippen molar-refractivity contribution in [2.24, 2.45) is 0 Å². The van der Waals surface area contributed by atoms with E-state index in [0.717, 1.165) is 5.56 Å². The molecule has 5 nitrogen and oxygen atoms in total. The van der Waals surface area contributed by atoms with Crippen molar-refractivity contribution < 1.29 is 13.5 Å². The van der Waals surface area contributed by atoms with Crippen LogP contribution in [0.3, 0.4) is 0 Å². The number of aryl methyl sites for hydroxylation is 1. The van der Waals surface area contributed by atoms with Crippen LogP contribution in [0.4, 0.5) is 5.69 Å². The van der Waals surface area contributed by atoms with Gasteiger partial charge in [0.25, 0.3) is 0 Å². The fraction of sp³-hybridized carbons (Fsp3) is 0.571. The molecule has 120 valence electrons. The first-order valence-corrected chi connectivity index (χ1v) is 9.47. The van der Waals surface area contributed by atoms with Gasteiger partial charge < -0.3 is 10.8 Å². The highest BCUT2D eigenvalue weighted by Crippen LogP contribution is 2.27. The van der Waals surface area contributed by atoms with Crippen LogP contribution in [0.15, 0.2) is 11.0 Å². The summed E-state index contributed by atoms with van der Waals surface area (Å²) in [5.74, 6) is 0.448. The Morgan fingerprint density at radius 2 is 1.90 bits per heavy atom. The molecule has 0 aromatic heterocycles. The first kappa shape index (κ1) is 18.3. The van der Waals surface area contributed by atoms with Crippen LogP contribution < -0.4 is 10.5 Å². The Morgan fingerprint density at radius 3 is 2.43 bits per heavy atom. The maximum atomic E-state index is 12.5. The fourth-order valence-electron chi connectivity index (χ4n) is 2.13. The summed E-state index contributed by atoms with van der Waals surface area (Å²) in [6.07, 6.45) is 1.86. The molecule has 0 aliphatic heterocycles. The second-order valence-corrected chi connectivity index (χ2v) is 8.19. The Labute approximate surface area is 131 Å². The Morgan fingerprint density at radius 1 is 1.33 bits per heavy atom. The molecule has 4 N–H and O–H groups in total. The van der Waals surface area contributed by atoms with Crippen molar-refractivity contribution in [3.63, 3.8) is 0 Å². The number of sulfonamides is 1. The highest BCUT2D eigenvalue weighted by Gasteiger charge is 2.26. The molecule has 0 aliphatic rings. The highest BCUT2D eigenvalue weighted by atomic mass is 32.2. The number of thioether (sulfide) groups is 1. The van der Waals surface area contributed by atoms with E-state index in [4.69, 9.17) is 5.73 Å². The number of aliphatic hydroxyl groups is 1. The normalized spacial score (nSPS) is 15.0. The quantitative estimate of drug-likeness (QED) is 0.688. The van der Waals surface area contributed by atoms with Crippen LogP contribution in [0.1, 0.15) is 23.6 Å². The van der Waals surface area contributed by atoms with Crippen molar-refractivity contribution in [3.8, 4) is 0 Å². The fourth-order valence-corrected chi connectivity index (χ4v) is 4.58. The summed E-state index contributed by atoms with van der Waals surface area (Å²) >= 11 is 1.46. The predicted molar refractivity (Wildman–Crippen MR) is 89.3 cm³/mol. The molecule has 1 rings (SSSR count). The zero-order valence-corrected chi connectivity index (χ0v) is 14.8. The zero-order chi connectivity index (χ0) is 16.4. The molecule has 0 spiro atoms. The van der Waals surface area contributed by atoms with E-state index in [1.807, 2.05) is 13.2 Å². The van der Waals surface area contributed by atoms with Gasteiger partial charge in [-0.05, 0) is 56.7 Å². The summed E-state index contributed by atoms with van der Waals surface area (Å²) in [4.78, 5) is 0.208. The molecule has 21 heavy (non-hydrogen) atoms. The van der Waals surface area contributed by atoms with E-state index in [-0.39, 0.29) is 11.4 Å². The van der Waals surface area contributed by atoms with Crippen LogP contribution in [0.5, 0.6) is 0 Å². The molecule has 0 radical (unpaired) electrons. The van der Waals surface area contributed by atoms with Gasteiger partial charge in [0.05, 0.1) is 10.5 Å². The second kappa shape index (κ2) is 6.56. The second-order valence-electron chi connectivity index (χ2n) is 5.62. The van der Waals surface area contributed by atoms with Crippen molar-refractivity contribution in [3.05, 3.63) is 22.8 Å². The van der Waals surface area contributed by atoms with E-state index in [1.54, 1.807) is 26.8 Å². The topological polar surface area (TPSA) is 92.4 Å². The Balaban J connectivity index is 3.16. The van der Waals surface area contributed by atoms with E-state index >= 15 is 0 Å². The van der Waals surface area contributed by atoms with Gasteiger partial charge >= 0.3 is 0 Å². The lowest BCUT2D eigenvalue weighted by molar-refractivity contribution is 0.0908. The minimum Gasteiger partial charge on any atom is -0.398 e. The number of nitrogen functional groups attached to an aromatic ring is 1. The lowest BCUT2D eigenvalue weighted by atomic mass is 10.1. The van der Waals surface area contributed by atoms with Gasteiger partial charge in [-0.15, -0.1) is 0 Å².